The molecule has 0 aliphatic rings. The molecule has 0 saturated heterocycles. The van der Waals surface area contributed by atoms with Crippen molar-refractivity contribution in [2.24, 2.45) is 5.10 Å². The third-order valence-electron chi connectivity index (χ3n) is 3.50. The molecule has 0 fully saturated rings. The average Bonchev–Trinajstić information content (AvgIpc) is 2.55. The lowest BCUT2D eigenvalue weighted by molar-refractivity contribution is -0.121. The van der Waals surface area contributed by atoms with Crippen LogP contribution in [0.25, 0.3) is 0 Å². The van der Waals surface area contributed by atoms with Gasteiger partial charge < -0.3 is 0 Å². The Morgan fingerprint density at radius 2 is 1.50 bits per heavy atom. The lowest BCUT2D eigenvalue weighted by Gasteiger charge is -2.16. The van der Waals surface area contributed by atoms with E-state index in [4.69, 9.17) is 0 Å². The zero-order chi connectivity index (χ0) is 15.8. The molecule has 2 rings (SSSR count). The Kier molecular flexibility index (Phi) is 5.90. The lowest BCUT2D eigenvalue weighted by Crippen LogP contribution is -2.27. The smallest absolute Gasteiger partial charge is 0.252 e. The van der Waals surface area contributed by atoms with Crippen molar-refractivity contribution in [2.75, 3.05) is 0 Å². The van der Waals surface area contributed by atoms with Crippen LogP contribution in [0.4, 0.5) is 0 Å². The molecule has 3 heteroatoms. The second kappa shape index (κ2) is 8.13. The van der Waals surface area contributed by atoms with Crippen molar-refractivity contribution in [2.45, 2.75) is 32.6 Å². The molecule has 1 amide bonds. The second-order valence-corrected chi connectivity index (χ2v) is 5.33. The number of hydrazone groups is 1. The number of amides is 1. The highest BCUT2D eigenvalue weighted by molar-refractivity contribution is 5.89. The topological polar surface area (TPSA) is 41.5 Å². The summed E-state index contributed by atoms with van der Waals surface area (Å²) in [7, 11) is 0. The van der Waals surface area contributed by atoms with Crippen molar-refractivity contribution in [3.05, 3.63) is 71.8 Å². The highest BCUT2D eigenvalue weighted by Gasteiger charge is 2.22. The number of rotatable bonds is 6. The fourth-order valence-electron chi connectivity index (χ4n) is 2.42. The highest BCUT2D eigenvalue weighted by Crippen LogP contribution is 2.24. The van der Waals surface area contributed by atoms with E-state index in [1.54, 1.807) is 0 Å². The first-order chi connectivity index (χ1) is 10.7. The highest BCUT2D eigenvalue weighted by atomic mass is 16.2. The minimum atomic E-state index is -0.347. The molecule has 1 N–H and O–H groups in total. The van der Waals surface area contributed by atoms with Gasteiger partial charge in [0.2, 0.25) is 0 Å². The van der Waals surface area contributed by atoms with Crippen LogP contribution in [0.1, 0.15) is 43.7 Å². The molecular formula is C19H22N2O. The van der Waals surface area contributed by atoms with Crippen molar-refractivity contribution < 1.29 is 4.79 Å². The molecule has 22 heavy (non-hydrogen) atoms. The summed E-state index contributed by atoms with van der Waals surface area (Å²) in [6, 6.07) is 19.6. The minimum absolute atomic E-state index is 0.104. The largest absolute Gasteiger partial charge is 0.272 e. The van der Waals surface area contributed by atoms with Crippen molar-refractivity contribution in [3.63, 3.8) is 0 Å². The monoisotopic (exact) mass is 294 g/mol. The Morgan fingerprint density at radius 1 is 1.00 bits per heavy atom. The summed E-state index contributed by atoms with van der Waals surface area (Å²) in [6.45, 7) is 4.03. The number of nitrogens with one attached hydrogen (secondary N) is 1. The van der Waals surface area contributed by atoms with Crippen molar-refractivity contribution in [1.29, 1.82) is 0 Å². The molecule has 0 saturated carbocycles. The van der Waals surface area contributed by atoms with E-state index in [1.807, 2.05) is 67.6 Å². The maximum atomic E-state index is 12.6. The van der Waals surface area contributed by atoms with Crippen LogP contribution in [0.2, 0.25) is 0 Å². The standard InChI is InChI=1S/C19H22N2O/c1-3-10-15(2)20-21-19(22)18(16-11-6-4-7-12-16)17-13-8-5-9-14-17/h4-9,11-14,18H,3,10H2,1-2H3,(H,21,22)/b20-15+. The fourth-order valence-corrected chi connectivity index (χ4v) is 2.42. The summed E-state index contributed by atoms with van der Waals surface area (Å²) in [5.74, 6) is -0.451. The third-order valence-corrected chi connectivity index (χ3v) is 3.50. The van der Waals surface area contributed by atoms with Gasteiger partial charge in [-0.3, -0.25) is 4.79 Å². The Balaban J connectivity index is 2.26. The molecule has 0 atom stereocenters. The Labute approximate surface area is 132 Å². The van der Waals surface area contributed by atoms with Crippen molar-refractivity contribution in [3.8, 4) is 0 Å². The van der Waals surface area contributed by atoms with E-state index < -0.39 is 0 Å². The summed E-state index contributed by atoms with van der Waals surface area (Å²) in [5, 5.41) is 4.20. The maximum absolute atomic E-state index is 12.6. The number of carbonyl (C=O) groups excluding carboxylic acids is 1. The summed E-state index contributed by atoms with van der Waals surface area (Å²) in [4.78, 5) is 12.6. The quantitative estimate of drug-likeness (QED) is 0.632. The van der Waals surface area contributed by atoms with Crippen LogP contribution in [0.3, 0.4) is 0 Å². The minimum Gasteiger partial charge on any atom is -0.272 e. The van der Waals surface area contributed by atoms with Crippen molar-refractivity contribution in [1.82, 2.24) is 5.43 Å². The van der Waals surface area contributed by atoms with Crippen LogP contribution >= 0.6 is 0 Å². The lowest BCUT2D eigenvalue weighted by atomic mass is 9.91. The molecule has 0 aliphatic carbocycles. The zero-order valence-corrected chi connectivity index (χ0v) is 13.1. The average molecular weight is 294 g/mol. The van der Waals surface area contributed by atoms with Gasteiger partial charge in [0, 0.05) is 5.71 Å². The predicted octanol–water partition coefficient (Wildman–Crippen LogP) is 4.11. The normalized spacial score (nSPS) is 11.5. The van der Waals surface area contributed by atoms with Gasteiger partial charge in [0.15, 0.2) is 0 Å². The SMILES string of the molecule is CCC/C(C)=N/NC(=O)C(c1ccccc1)c1ccccc1. The van der Waals surface area contributed by atoms with Gasteiger partial charge in [-0.25, -0.2) is 5.43 Å². The molecule has 0 heterocycles. The van der Waals surface area contributed by atoms with Gasteiger partial charge >= 0.3 is 0 Å². The first kappa shape index (κ1) is 16.0. The van der Waals surface area contributed by atoms with Gasteiger partial charge in [-0.1, -0.05) is 74.0 Å². The van der Waals surface area contributed by atoms with Crippen LogP contribution in [-0.2, 0) is 4.79 Å². The number of nitrogens with zero attached hydrogens (tertiary/aromatic N) is 1. The van der Waals surface area contributed by atoms with Crippen LogP contribution in [0.15, 0.2) is 65.8 Å². The first-order valence-electron chi connectivity index (χ1n) is 7.65. The van der Waals surface area contributed by atoms with E-state index in [9.17, 15) is 4.79 Å². The van der Waals surface area contributed by atoms with Gasteiger partial charge in [0.25, 0.3) is 5.91 Å². The molecule has 0 aromatic heterocycles. The number of benzene rings is 2. The molecule has 2 aromatic rings. The molecule has 3 nitrogen and oxygen atoms in total. The summed E-state index contributed by atoms with van der Waals surface area (Å²) < 4.78 is 0. The Hall–Kier alpha value is -2.42. The van der Waals surface area contributed by atoms with Crippen LogP contribution in [-0.4, -0.2) is 11.6 Å². The number of hydrogen-bond acceptors (Lipinski definition) is 2. The van der Waals surface area contributed by atoms with E-state index in [0.29, 0.717) is 0 Å². The molecular weight excluding hydrogens is 272 g/mol. The predicted molar refractivity (Wildman–Crippen MR) is 90.9 cm³/mol. The molecule has 0 aliphatic heterocycles. The number of carbonyl (C=O) groups is 1. The molecule has 2 aromatic carbocycles. The summed E-state index contributed by atoms with van der Waals surface area (Å²) >= 11 is 0. The van der Waals surface area contributed by atoms with Gasteiger partial charge in [-0.05, 0) is 24.5 Å². The molecule has 0 bridgehead atoms. The zero-order valence-electron chi connectivity index (χ0n) is 13.1. The van der Waals surface area contributed by atoms with E-state index in [2.05, 4.69) is 17.5 Å². The number of hydrogen-bond donors (Lipinski definition) is 1. The first-order valence-corrected chi connectivity index (χ1v) is 7.65. The maximum Gasteiger partial charge on any atom is 0.252 e. The Morgan fingerprint density at radius 3 is 1.95 bits per heavy atom. The molecule has 0 radical (unpaired) electrons. The van der Waals surface area contributed by atoms with E-state index in [1.165, 1.54) is 0 Å². The molecule has 0 spiro atoms. The van der Waals surface area contributed by atoms with Gasteiger partial charge in [-0.15, -0.1) is 0 Å². The van der Waals surface area contributed by atoms with Crippen LogP contribution in [0.5, 0.6) is 0 Å². The Bertz CT molecular complexity index is 581. The van der Waals surface area contributed by atoms with Crippen LogP contribution in [0, 0.1) is 0 Å². The molecule has 0 unspecified atom stereocenters. The van der Waals surface area contributed by atoms with Gasteiger partial charge in [0.1, 0.15) is 0 Å². The summed E-state index contributed by atoms with van der Waals surface area (Å²) in [6.07, 6.45) is 1.91. The molecule has 114 valence electrons. The van der Waals surface area contributed by atoms with Crippen molar-refractivity contribution >= 4 is 11.6 Å². The van der Waals surface area contributed by atoms with Gasteiger partial charge in [-0.2, -0.15) is 5.10 Å². The van der Waals surface area contributed by atoms with Crippen LogP contribution < -0.4 is 5.43 Å². The van der Waals surface area contributed by atoms with E-state index >= 15 is 0 Å². The fraction of sp³-hybridized carbons (Fsp3) is 0.263. The third kappa shape index (κ3) is 4.29. The second-order valence-electron chi connectivity index (χ2n) is 5.33. The van der Waals surface area contributed by atoms with Gasteiger partial charge in [0.05, 0.1) is 5.92 Å². The van der Waals surface area contributed by atoms with E-state index in [-0.39, 0.29) is 11.8 Å². The summed E-state index contributed by atoms with van der Waals surface area (Å²) in [5.41, 5.74) is 5.59. The van der Waals surface area contributed by atoms with E-state index in [0.717, 1.165) is 29.7 Å².